The quantitative estimate of drug-likeness (QED) is 0.558. The molecule has 0 aliphatic rings. The summed E-state index contributed by atoms with van der Waals surface area (Å²) in [5.74, 6) is 0.822. The first-order chi connectivity index (χ1) is 12.0. The molecular weight excluding hydrogens is 334 g/mol. The van der Waals surface area contributed by atoms with Crippen molar-refractivity contribution >= 4 is 27.2 Å². The van der Waals surface area contributed by atoms with Gasteiger partial charge >= 0.3 is 0 Å². The Morgan fingerprint density at radius 1 is 1.16 bits per heavy atom. The molecule has 0 spiro atoms. The second kappa shape index (κ2) is 5.97. The number of aryl methyl sites for hydroxylation is 2. The lowest BCUT2D eigenvalue weighted by molar-refractivity contribution is 0.223. The third-order valence-electron chi connectivity index (χ3n) is 4.10. The van der Waals surface area contributed by atoms with Crippen molar-refractivity contribution in [2.75, 3.05) is 0 Å². The van der Waals surface area contributed by atoms with Gasteiger partial charge in [-0.2, -0.15) is 9.61 Å². The van der Waals surface area contributed by atoms with Crippen molar-refractivity contribution in [3.8, 4) is 5.75 Å². The molecule has 0 saturated carbocycles. The molecule has 0 bridgehead atoms. The first-order valence-corrected chi connectivity index (χ1v) is 8.87. The van der Waals surface area contributed by atoms with Crippen LogP contribution in [0.25, 0.3) is 15.9 Å². The van der Waals surface area contributed by atoms with E-state index in [1.165, 1.54) is 21.4 Å². The number of ether oxygens (including phenoxy) is 1. The second-order valence-corrected chi connectivity index (χ2v) is 7.09. The van der Waals surface area contributed by atoms with Crippen LogP contribution in [0.2, 0.25) is 0 Å². The number of fused-ring (bicyclic) bond motifs is 2. The van der Waals surface area contributed by atoms with Gasteiger partial charge in [0.05, 0.1) is 10.9 Å². The minimum absolute atomic E-state index is 0.151. The minimum Gasteiger partial charge on any atom is -0.483 e. The molecule has 0 fully saturated rings. The van der Waals surface area contributed by atoms with Crippen molar-refractivity contribution in [2.45, 2.75) is 26.9 Å². The summed E-state index contributed by atoms with van der Waals surface area (Å²) >= 11 is 1.38. The van der Waals surface area contributed by atoms with Crippen molar-refractivity contribution in [3.63, 3.8) is 0 Å². The lowest BCUT2D eigenvalue weighted by Gasteiger charge is -2.14. The van der Waals surface area contributed by atoms with Crippen LogP contribution >= 0.6 is 11.3 Å². The van der Waals surface area contributed by atoms with Gasteiger partial charge in [-0.05, 0) is 44.5 Å². The largest absolute Gasteiger partial charge is 0.483 e. The van der Waals surface area contributed by atoms with Crippen LogP contribution in [-0.2, 0) is 0 Å². The molecule has 0 amide bonds. The number of benzene rings is 2. The highest BCUT2D eigenvalue weighted by molar-refractivity contribution is 7.16. The van der Waals surface area contributed by atoms with Gasteiger partial charge in [0.2, 0.25) is 4.96 Å². The average Bonchev–Trinajstić information content (AvgIpc) is 3.02. The van der Waals surface area contributed by atoms with E-state index in [2.05, 4.69) is 23.1 Å². The summed E-state index contributed by atoms with van der Waals surface area (Å²) in [6.07, 6.45) is -0.268. The molecule has 0 radical (unpaired) electrons. The smallest absolute Gasteiger partial charge is 0.283 e. The van der Waals surface area contributed by atoms with E-state index in [-0.39, 0.29) is 11.7 Å². The number of rotatable bonds is 3. The molecule has 4 aromatic rings. The maximum absolute atomic E-state index is 12.6. The van der Waals surface area contributed by atoms with Crippen LogP contribution in [0.4, 0.5) is 0 Å². The van der Waals surface area contributed by atoms with Crippen molar-refractivity contribution in [3.05, 3.63) is 69.0 Å². The molecule has 25 heavy (non-hydrogen) atoms. The Hall–Kier alpha value is -2.73. The van der Waals surface area contributed by atoms with Crippen LogP contribution in [0.1, 0.15) is 29.2 Å². The maximum atomic E-state index is 12.6. The fourth-order valence-corrected chi connectivity index (χ4v) is 3.68. The van der Waals surface area contributed by atoms with E-state index in [0.717, 1.165) is 16.3 Å². The van der Waals surface area contributed by atoms with E-state index in [4.69, 9.17) is 4.74 Å². The molecule has 4 rings (SSSR count). The van der Waals surface area contributed by atoms with Gasteiger partial charge in [-0.25, -0.2) is 4.98 Å². The Bertz CT molecular complexity index is 1150. The molecule has 6 heteroatoms. The summed E-state index contributed by atoms with van der Waals surface area (Å²) in [7, 11) is 0. The van der Waals surface area contributed by atoms with E-state index in [1.54, 1.807) is 6.07 Å². The molecule has 2 aromatic heterocycles. The highest BCUT2D eigenvalue weighted by Gasteiger charge is 2.17. The number of hydrogen-bond acceptors (Lipinski definition) is 5. The molecule has 1 atom stereocenters. The van der Waals surface area contributed by atoms with Gasteiger partial charge in [0.15, 0.2) is 5.01 Å². The van der Waals surface area contributed by atoms with Gasteiger partial charge in [-0.1, -0.05) is 41.2 Å². The van der Waals surface area contributed by atoms with Gasteiger partial charge in [-0.3, -0.25) is 4.79 Å². The zero-order valence-corrected chi connectivity index (χ0v) is 15.0. The molecule has 126 valence electrons. The van der Waals surface area contributed by atoms with Crippen LogP contribution in [0.15, 0.2) is 47.3 Å². The molecular formula is C19H17N3O2S. The highest BCUT2D eigenvalue weighted by atomic mass is 32.1. The highest BCUT2D eigenvalue weighted by Crippen LogP contribution is 2.28. The summed E-state index contributed by atoms with van der Waals surface area (Å²) in [5, 5.41) is 5.73. The lowest BCUT2D eigenvalue weighted by Crippen LogP contribution is -2.15. The van der Waals surface area contributed by atoms with Crippen LogP contribution in [0, 0.1) is 13.8 Å². The fourth-order valence-electron chi connectivity index (χ4n) is 2.81. The average molecular weight is 351 g/mol. The first-order valence-electron chi connectivity index (χ1n) is 8.05. The summed E-state index contributed by atoms with van der Waals surface area (Å²) in [4.78, 5) is 17.7. The molecule has 0 N–H and O–H groups in total. The van der Waals surface area contributed by atoms with Crippen molar-refractivity contribution in [2.24, 2.45) is 0 Å². The molecule has 0 saturated heterocycles. The number of hydrogen-bond donors (Lipinski definition) is 0. The Morgan fingerprint density at radius 2 is 1.96 bits per heavy atom. The molecule has 0 aliphatic heterocycles. The standard InChI is InChI=1S/C19H17N3O2S/c1-11-8-9-16(12(2)10-11)24-13(3)17-21-22-18(23)14-6-4-5-7-15(14)20-19(22)25-17/h4-10,13H,1-3H3. The van der Waals surface area contributed by atoms with Gasteiger partial charge in [0.1, 0.15) is 11.9 Å². The predicted molar refractivity (Wildman–Crippen MR) is 99.6 cm³/mol. The number of para-hydroxylation sites is 1. The Labute approximate surface area is 148 Å². The SMILES string of the molecule is Cc1ccc(OC(C)c2nn3c(=O)c4ccccc4nc3s2)c(C)c1. The van der Waals surface area contributed by atoms with Crippen LogP contribution in [0.5, 0.6) is 5.75 Å². The van der Waals surface area contributed by atoms with E-state index in [0.29, 0.717) is 15.9 Å². The maximum Gasteiger partial charge on any atom is 0.283 e. The van der Waals surface area contributed by atoms with Gasteiger partial charge in [0.25, 0.3) is 5.56 Å². The Kier molecular flexibility index (Phi) is 3.77. The van der Waals surface area contributed by atoms with E-state index >= 15 is 0 Å². The topological polar surface area (TPSA) is 56.5 Å². The number of nitrogens with zero attached hydrogens (tertiary/aromatic N) is 3. The first kappa shape index (κ1) is 15.8. The number of aromatic nitrogens is 3. The van der Waals surface area contributed by atoms with E-state index < -0.39 is 0 Å². The molecule has 2 heterocycles. The summed E-state index contributed by atoms with van der Waals surface area (Å²) in [5.41, 5.74) is 2.81. The molecule has 1 unspecified atom stereocenters. The predicted octanol–water partition coefficient (Wildman–Crippen LogP) is 4.06. The van der Waals surface area contributed by atoms with Crippen LogP contribution in [0.3, 0.4) is 0 Å². The van der Waals surface area contributed by atoms with Crippen molar-refractivity contribution in [1.29, 1.82) is 0 Å². The third kappa shape index (κ3) is 2.78. The van der Waals surface area contributed by atoms with E-state index in [1.807, 2.05) is 44.2 Å². The summed E-state index contributed by atoms with van der Waals surface area (Å²) in [6, 6.07) is 13.4. The van der Waals surface area contributed by atoms with Gasteiger partial charge in [0, 0.05) is 0 Å². The second-order valence-electron chi connectivity index (χ2n) is 6.10. The molecule has 5 nitrogen and oxygen atoms in total. The zero-order chi connectivity index (χ0) is 17.6. The minimum atomic E-state index is -0.268. The van der Waals surface area contributed by atoms with Crippen LogP contribution in [-0.4, -0.2) is 14.6 Å². The van der Waals surface area contributed by atoms with Crippen LogP contribution < -0.4 is 10.3 Å². The van der Waals surface area contributed by atoms with Crippen molar-refractivity contribution in [1.82, 2.24) is 14.6 Å². The third-order valence-corrected chi connectivity index (χ3v) is 5.17. The molecule has 0 aliphatic carbocycles. The molecule has 2 aromatic carbocycles. The Morgan fingerprint density at radius 3 is 2.76 bits per heavy atom. The summed E-state index contributed by atoms with van der Waals surface area (Å²) < 4.78 is 7.42. The van der Waals surface area contributed by atoms with E-state index in [9.17, 15) is 4.79 Å². The van der Waals surface area contributed by atoms with Crippen molar-refractivity contribution < 1.29 is 4.74 Å². The normalized spacial score (nSPS) is 12.6. The van der Waals surface area contributed by atoms with Gasteiger partial charge in [-0.15, -0.1) is 0 Å². The summed E-state index contributed by atoms with van der Waals surface area (Å²) in [6.45, 7) is 6.00. The lowest BCUT2D eigenvalue weighted by atomic mass is 10.1. The Balaban J connectivity index is 1.75. The van der Waals surface area contributed by atoms with Gasteiger partial charge < -0.3 is 4.74 Å². The zero-order valence-electron chi connectivity index (χ0n) is 14.2. The monoisotopic (exact) mass is 351 g/mol. The fraction of sp³-hybridized carbons (Fsp3) is 0.211.